The first kappa shape index (κ1) is 17.8. The zero-order valence-corrected chi connectivity index (χ0v) is 14.3. The number of thioether (sulfide) groups is 1. The third-order valence-electron chi connectivity index (χ3n) is 4.12. The van der Waals surface area contributed by atoms with Crippen LogP contribution in [0.4, 0.5) is 0 Å². The molecule has 0 aromatic heterocycles. The second kappa shape index (κ2) is 8.93. The molecule has 126 valence electrons. The maximum absolute atomic E-state index is 12.4. The third kappa shape index (κ3) is 5.25. The third-order valence-corrected chi connectivity index (χ3v) is 4.76. The van der Waals surface area contributed by atoms with Crippen LogP contribution < -0.4 is 11.1 Å². The highest BCUT2D eigenvalue weighted by Gasteiger charge is 2.25. The molecule has 1 saturated heterocycles. The number of nitrogens with two attached hydrogens (primary N) is 1. The molecule has 0 bridgehead atoms. The van der Waals surface area contributed by atoms with E-state index in [-0.39, 0.29) is 17.9 Å². The standard InChI is InChI=1S/C17H25N3O2S/c1-23-12-9-15(18)16(21)19-14-7-10-20(11-8-14)17(22)13-5-3-2-4-6-13/h2-6,14-15H,7-12,18H2,1H3,(H,19,21)/t15-/m0/s1. The zero-order chi connectivity index (χ0) is 16.7. The molecule has 1 aromatic carbocycles. The van der Waals surface area contributed by atoms with Gasteiger partial charge >= 0.3 is 0 Å². The fraction of sp³-hybridized carbons (Fsp3) is 0.529. The average Bonchev–Trinajstić information content (AvgIpc) is 2.60. The predicted octanol–water partition coefficient (Wildman–Crippen LogP) is 1.49. The number of nitrogens with one attached hydrogen (secondary N) is 1. The van der Waals surface area contributed by atoms with E-state index in [9.17, 15) is 9.59 Å². The Morgan fingerprint density at radius 1 is 1.30 bits per heavy atom. The molecule has 0 unspecified atom stereocenters. The van der Waals surface area contributed by atoms with Gasteiger partial charge in [0.15, 0.2) is 0 Å². The number of benzene rings is 1. The second-order valence-electron chi connectivity index (χ2n) is 5.83. The van der Waals surface area contributed by atoms with Crippen LogP contribution in [0.1, 0.15) is 29.6 Å². The Morgan fingerprint density at radius 2 is 1.96 bits per heavy atom. The highest BCUT2D eigenvalue weighted by Crippen LogP contribution is 2.14. The molecule has 0 aliphatic carbocycles. The number of amides is 2. The molecule has 6 heteroatoms. The molecule has 5 nitrogen and oxygen atoms in total. The van der Waals surface area contributed by atoms with Gasteiger partial charge in [-0.2, -0.15) is 11.8 Å². The summed E-state index contributed by atoms with van der Waals surface area (Å²) in [5.41, 5.74) is 6.60. The van der Waals surface area contributed by atoms with Crippen LogP contribution in [0.3, 0.4) is 0 Å². The minimum absolute atomic E-state index is 0.0621. The van der Waals surface area contributed by atoms with Crippen LogP contribution in [0.5, 0.6) is 0 Å². The van der Waals surface area contributed by atoms with Gasteiger partial charge in [0, 0.05) is 24.7 Å². The van der Waals surface area contributed by atoms with E-state index >= 15 is 0 Å². The van der Waals surface area contributed by atoms with E-state index in [1.165, 1.54) is 0 Å². The summed E-state index contributed by atoms with van der Waals surface area (Å²) in [7, 11) is 0. The molecule has 1 aliphatic heterocycles. The number of likely N-dealkylation sites (tertiary alicyclic amines) is 1. The average molecular weight is 335 g/mol. The minimum atomic E-state index is -0.438. The lowest BCUT2D eigenvalue weighted by Crippen LogP contribution is -2.50. The van der Waals surface area contributed by atoms with Gasteiger partial charge < -0.3 is 16.0 Å². The number of hydrogen-bond donors (Lipinski definition) is 2. The smallest absolute Gasteiger partial charge is 0.253 e. The van der Waals surface area contributed by atoms with Crippen molar-refractivity contribution < 1.29 is 9.59 Å². The largest absolute Gasteiger partial charge is 0.352 e. The van der Waals surface area contributed by atoms with Crippen molar-refractivity contribution in [2.24, 2.45) is 5.73 Å². The summed E-state index contributed by atoms with van der Waals surface area (Å²) in [6.07, 6.45) is 4.25. The first-order valence-corrected chi connectivity index (χ1v) is 9.40. The monoisotopic (exact) mass is 335 g/mol. The second-order valence-corrected chi connectivity index (χ2v) is 6.81. The van der Waals surface area contributed by atoms with Crippen LogP contribution >= 0.6 is 11.8 Å². The molecular weight excluding hydrogens is 310 g/mol. The minimum Gasteiger partial charge on any atom is -0.352 e. The Hall–Kier alpha value is -1.53. The van der Waals surface area contributed by atoms with Gasteiger partial charge in [0.2, 0.25) is 5.91 Å². The molecule has 1 heterocycles. The maximum atomic E-state index is 12.4. The van der Waals surface area contributed by atoms with Crippen LogP contribution in [0.15, 0.2) is 30.3 Å². The van der Waals surface area contributed by atoms with Gasteiger partial charge in [-0.05, 0) is 43.4 Å². The van der Waals surface area contributed by atoms with E-state index in [2.05, 4.69) is 5.32 Å². The lowest BCUT2D eigenvalue weighted by molar-refractivity contribution is -0.123. The topological polar surface area (TPSA) is 75.4 Å². The van der Waals surface area contributed by atoms with Crippen LogP contribution in [0.2, 0.25) is 0 Å². The van der Waals surface area contributed by atoms with E-state index in [0.717, 1.165) is 18.6 Å². The van der Waals surface area contributed by atoms with Crippen molar-refractivity contribution in [3.05, 3.63) is 35.9 Å². The quantitative estimate of drug-likeness (QED) is 0.826. The van der Waals surface area contributed by atoms with Crippen LogP contribution in [-0.4, -0.2) is 53.9 Å². The van der Waals surface area contributed by atoms with Gasteiger partial charge in [0.1, 0.15) is 0 Å². The lowest BCUT2D eigenvalue weighted by atomic mass is 10.0. The Kier molecular flexibility index (Phi) is 6.92. The summed E-state index contributed by atoms with van der Waals surface area (Å²) >= 11 is 1.69. The van der Waals surface area contributed by atoms with Gasteiger partial charge in [-0.15, -0.1) is 0 Å². The van der Waals surface area contributed by atoms with Crippen molar-refractivity contribution in [2.75, 3.05) is 25.1 Å². The SMILES string of the molecule is CSCC[C@H](N)C(=O)NC1CCN(C(=O)c2ccccc2)CC1. The van der Waals surface area contributed by atoms with E-state index < -0.39 is 6.04 Å². The first-order valence-electron chi connectivity index (χ1n) is 8.01. The van der Waals surface area contributed by atoms with E-state index in [0.29, 0.717) is 25.1 Å². The molecule has 1 fully saturated rings. The molecular formula is C17H25N3O2S. The molecule has 0 saturated carbocycles. The Morgan fingerprint density at radius 3 is 2.57 bits per heavy atom. The number of piperidine rings is 1. The van der Waals surface area contributed by atoms with Gasteiger partial charge in [0.05, 0.1) is 6.04 Å². The fourth-order valence-corrected chi connectivity index (χ4v) is 3.16. The van der Waals surface area contributed by atoms with Crippen LogP contribution in [0.25, 0.3) is 0 Å². The molecule has 3 N–H and O–H groups in total. The number of carbonyl (C=O) groups excluding carboxylic acids is 2. The number of hydrogen-bond acceptors (Lipinski definition) is 4. The highest BCUT2D eigenvalue weighted by atomic mass is 32.2. The summed E-state index contributed by atoms with van der Waals surface area (Å²) in [6.45, 7) is 1.33. The number of nitrogens with zero attached hydrogens (tertiary/aromatic N) is 1. The van der Waals surface area contributed by atoms with Gasteiger partial charge in [-0.1, -0.05) is 18.2 Å². The van der Waals surface area contributed by atoms with Crippen molar-refractivity contribution >= 4 is 23.6 Å². The molecule has 2 rings (SSSR count). The molecule has 1 aromatic rings. The predicted molar refractivity (Wildman–Crippen MR) is 94.5 cm³/mol. The van der Waals surface area contributed by atoms with Crippen molar-refractivity contribution in [3.8, 4) is 0 Å². The zero-order valence-electron chi connectivity index (χ0n) is 13.5. The van der Waals surface area contributed by atoms with Crippen molar-refractivity contribution in [3.63, 3.8) is 0 Å². The summed E-state index contributed by atoms with van der Waals surface area (Å²) < 4.78 is 0. The molecule has 1 atom stereocenters. The number of carbonyl (C=O) groups is 2. The van der Waals surface area contributed by atoms with Crippen molar-refractivity contribution in [1.82, 2.24) is 10.2 Å². The van der Waals surface area contributed by atoms with E-state index in [1.54, 1.807) is 11.8 Å². The Balaban J connectivity index is 1.78. The highest BCUT2D eigenvalue weighted by molar-refractivity contribution is 7.98. The van der Waals surface area contributed by atoms with E-state index in [1.807, 2.05) is 41.5 Å². The maximum Gasteiger partial charge on any atom is 0.253 e. The fourth-order valence-electron chi connectivity index (χ4n) is 2.67. The first-order chi connectivity index (χ1) is 11.1. The number of rotatable bonds is 6. The van der Waals surface area contributed by atoms with Crippen LogP contribution in [-0.2, 0) is 4.79 Å². The van der Waals surface area contributed by atoms with Crippen molar-refractivity contribution in [2.45, 2.75) is 31.3 Å². The Labute approximate surface area is 142 Å². The summed E-state index contributed by atoms with van der Waals surface area (Å²) in [6, 6.07) is 8.99. The lowest BCUT2D eigenvalue weighted by Gasteiger charge is -2.33. The molecule has 0 radical (unpaired) electrons. The van der Waals surface area contributed by atoms with Crippen molar-refractivity contribution in [1.29, 1.82) is 0 Å². The van der Waals surface area contributed by atoms with Gasteiger partial charge in [-0.25, -0.2) is 0 Å². The van der Waals surface area contributed by atoms with Gasteiger partial charge in [-0.3, -0.25) is 9.59 Å². The molecule has 2 amide bonds. The van der Waals surface area contributed by atoms with Gasteiger partial charge in [0.25, 0.3) is 5.91 Å². The summed E-state index contributed by atoms with van der Waals surface area (Å²) in [4.78, 5) is 26.3. The summed E-state index contributed by atoms with van der Waals surface area (Å²) in [5, 5.41) is 3.02. The Bertz CT molecular complexity index is 516. The molecule has 0 spiro atoms. The summed E-state index contributed by atoms with van der Waals surface area (Å²) in [5.74, 6) is 0.873. The van der Waals surface area contributed by atoms with Crippen LogP contribution in [0, 0.1) is 0 Å². The molecule has 1 aliphatic rings. The normalized spacial score (nSPS) is 16.9. The molecule has 23 heavy (non-hydrogen) atoms. The van der Waals surface area contributed by atoms with E-state index in [4.69, 9.17) is 5.73 Å².